The van der Waals surface area contributed by atoms with E-state index in [-0.39, 0.29) is 17.4 Å². The van der Waals surface area contributed by atoms with Crippen molar-refractivity contribution in [1.82, 2.24) is 5.32 Å². The zero-order valence-electron chi connectivity index (χ0n) is 19.5. The molecule has 3 rings (SSSR count). The first-order valence-corrected chi connectivity index (χ1v) is 11.6. The lowest BCUT2D eigenvalue weighted by atomic mass is 10.0. The summed E-state index contributed by atoms with van der Waals surface area (Å²) in [6, 6.07) is 15.6. The third kappa shape index (κ3) is 6.87. The van der Waals surface area contributed by atoms with E-state index >= 15 is 0 Å². The van der Waals surface area contributed by atoms with Gasteiger partial charge in [-0.05, 0) is 37.6 Å². The van der Waals surface area contributed by atoms with Gasteiger partial charge >= 0.3 is 5.97 Å². The van der Waals surface area contributed by atoms with E-state index in [0.717, 1.165) is 11.1 Å². The molecule has 0 fully saturated rings. The van der Waals surface area contributed by atoms with Crippen LogP contribution in [0.2, 0.25) is 0 Å². The number of benzene rings is 2. The number of rotatable bonds is 8. The van der Waals surface area contributed by atoms with Gasteiger partial charge in [0.25, 0.3) is 11.8 Å². The van der Waals surface area contributed by atoms with Gasteiger partial charge < -0.3 is 20.7 Å². The molecule has 1 aromatic heterocycles. The van der Waals surface area contributed by atoms with Crippen molar-refractivity contribution in [2.24, 2.45) is 0 Å². The van der Waals surface area contributed by atoms with Crippen LogP contribution >= 0.6 is 11.3 Å². The van der Waals surface area contributed by atoms with Crippen LogP contribution < -0.4 is 16.0 Å². The number of nitrogens with one attached hydrogen (secondary N) is 3. The summed E-state index contributed by atoms with van der Waals surface area (Å²) in [5.74, 6) is -1.97. The highest BCUT2D eigenvalue weighted by atomic mass is 32.1. The molecule has 0 bridgehead atoms. The summed E-state index contributed by atoms with van der Waals surface area (Å²) in [6.07, 6.45) is 1.43. The molecule has 0 saturated heterocycles. The predicted molar refractivity (Wildman–Crippen MR) is 137 cm³/mol. The fourth-order valence-corrected chi connectivity index (χ4v) is 4.14. The Morgan fingerprint density at radius 2 is 1.71 bits per heavy atom. The van der Waals surface area contributed by atoms with Crippen molar-refractivity contribution in [1.29, 1.82) is 0 Å². The third-order valence-corrected chi connectivity index (χ3v) is 5.60. The molecule has 180 valence electrons. The predicted octanol–water partition coefficient (Wildman–Crippen LogP) is 4.47. The van der Waals surface area contributed by atoms with E-state index in [2.05, 4.69) is 16.0 Å². The van der Waals surface area contributed by atoms with Crippen LogP contribution in [0.4, 0.5) is 10.7 Å². The molecule has 8 nitrogen and oxygen atoms in total. The molecule has 0 atom stereocenters. The van der Waals surface area contributed by atoms with E-state index in [1.165, 1.54) is 30.5 Å². The molecule has 0 radical (unpaired) electrons. The Hall–Kier alpha value is -4.24. The third-order valence-electron chi connectivity index (χ3n) is 4.71. The van der Waals surface area contributed by atoms with E-state index in [9.17, 15) is 19.2 Å². The van der Waals surface area contributed by atoms with Crippen LogP contribution in [-0.2, 0) is 14.3 Å². The largest absolute Gasteiger partial charge is 0.452 e. The Balaban J connectivity index is 1.77. The van der Waals surface area contributed by atoms with Crippen molar-refractivity contribution in [3.63, 3.8) is 0 Å². The molecule has 0 aliphatic heterocycles. The summed E-state index contributed by atoms with van der Waals surface area (Å²) in [5.41, 5.74) is 3.11. The van der Waals surface area contributed by atoms with Gasteiger partial charge in [-0.3, -0.25) is 14.4 Å². The molecular weight excluding hydrogens is 466 g/mol. The molecule has 0 aliphatic rings. The number of hydrogen-bond donors (Lipinski definition) is 3. The quantitative estimate of drug-likeness (QED) is 0.318. The minimum atomic E-state index is -0.744. The van der Waals surface area contributed by atoms with Gasteiger partial charge in [0.05, 0.1) is 0 Å². The van der Waals surface area contributed by atoms with Crippen LogP contribution in [-0.4, -0.2) is 37.3 Å². The highest BCUT2D eigenvalue weighted by molar-refractivity contribution is 7.15. The second-order valence-corrected chi connectivity index (χ2v) is 8.59. The summed E-state index contributed by atoms with van der Waals surface area (Å²) >= 11 is 1.20. The summed E-state index contributed by atoms with van der Waals surface area (Å²) in [5, 5.41) is 9.93. The average molecular weight is 492 g/mol. The van der Waals surface area contributed by atoms with E-state index in [4.69, 9.17) is 4.74 Å². The summed E-state index contributed by atoms with van der Waals surface area (Å²) in [4.78, 5) is 49.5. The normalized spacial score (nSPS) is 10.1. The smallest absolute Gasteiger partial charge is 0.342 e. The van der Waals surface area contributed by atoms with Gasteiger partial charge in [0, 0.05) is 35.3 Å². The number of hydrogen-bond acceptors (Lipinski definition) is 6. The summed E-state index contributed by atoms with van der Waals surface area (Å²) in [6.45, 7) is 3.04. The minimum absolute atomic E-state index is 0.172. The molecule has 2 aromatic carbocycles. The molecule has 0 spiro atoms. The Morgan fingerprint density at radius 3 is 2.40 bits per heavy atom. The number of thiophene rings is 1. The van der Waals surface area contributed by atoms with Gasteiger partial charge in [-0.2, -0.15) is 0 Å². The second-order valence-electron chi connectivity index (χ2n) is 7.71. The lowest BCUT2D eigenvalue weighted by Gasteiger charge is -2.10. The number of carbonyl (C=O) groups excluding carboxylic acids is 4. The Bertz CT molecular complexity index is 1280. The van der Waals surface area contributed by atoms with E-state index in [1.807, 2.05) is 30.3 Å². The molecular formula is C26H25N3O5S. The first-order chi connectivity index (χ1) is 16.8. The molecule has 9 heteroatoms. The summed E-state index contributed by atoms with van der Waals surface area (Å²) < 4.78 is 5.29. The molecule has 1 heterocycles. The summed E-state index contributed by atoms with van der Waals surface area (Å²) in [7, 11) is 1.51. The van der Waals surface area contributed by atoms with Crippen molar-refractivity contribution in [2.45, 2.75) is 13.8 Å². The van der Waals surface area contributed by atoms with Crippen LogP contribution in [0.5, 0.6) is 0 Å². The van der Waals surface area contributed by atoms with Crippen molar-refractivity contribution in [2.75, 3.05) is 24.3 Å². The van der Waals surface area contributed by atoms with Crippen molar-refractivity contribution < 1.29 is 23.9 Å². The molecule has 35 heavy (non-hydrogen) atoms. The van der Waals surface area contributed by atoms with Gasteiger partial charge in [0.1, 0.15) is 10.6 Å². The van der Waals surface area contributed by atoms with Gasteiger partial charge in [0.2, 0.25) is 5.91 Å². The number of allylic oxidation sites excluding steroid dienone is 1. The first-order valence-electron chi connectivity index (χ1n) is 10.7. The van der Waals surface area contributed by atoms with E-state index in [1.54, 1.807) is 37.4 Å². The lowest BCUT2D eigenvalue weighted by Crippen LogP contribution is -2.22. The Labute approximate surface area is 207 Å². The number of ether oxygens (including phenoxy) is 1. The SMILES string of the molecule is CNC(=O)c1cccc(NC(=O)COC(=O)c2c(-c3ccccc3)csc2NC(=O)C=C(C)C)c1. The van der Waals surface area contributed by atoms with Gasteiger partial charge in [0.15, 0.2) is 6.61 Å². The standard InChI is InChI=1S/C26H25N3O5S/c1-16(2)12-21(30)29-25-23(20(15-35-25)17-8-5-4-6-9-17)26(33)34-14-22(31)28-19-11-7-10-18(13-19)24(32)27-3/h4-13,15H,14H2,1-3H3,(H,27,32)(H,28,31)(H,29,30). The number of carbonyl (C=O) groups is 4. The maximum atomic E-state index is 13.0. The second kappa shape index (κ2) is 11.8. The van der Waals surface area contributed by atoms with Crippen LogP contribution in [0.3, 0.4) is 0 Å². The highest BCUT2D eigenvalue weighted by Gasteiger charge is 2.23. The zero-order chi connectivity index (χ0) is 25.4. The van der Waals surface area contributed by atoms with Gasteiger partial charge in [-0.25, -0.2) is 4.79 Å². The Kier molecular flexibility index (Phi) is 8.53. The van der Waals surface area contributed by atoms with E-state index in [0.29, 0.717) is 21.8 Å². The first kappa shape index (κ1) is 25.4. The van der Waals surface area contributed by atoms with Gasteiger partial charge in [-0.1, -0.05) is 42.0 Å². The van der Waals surface area contributed by atoms with E-state index < -0.39 is 18.5 Å². The maximum Gasteiger partial charge on any atom is 0.342 e. The van der Waals surface area contributed by atoms with Crippen molar-refractivity contribution in [3.8, 4) is 11.1 Å². The van der Waals surface area contributed by atoms with Crippen molar-refractivity contribution in [3.05, 3.63) is 82.8 Å². The molecule has 0 unspecified atom stereocenters. The fourth-order valence-electron chi connectivity index (χ4n) is 3.18. The molecule has 3 aromatic rings. The number of amides is 3. The average Bonchev–Trinajstić information content (AvgIpc) is 3.25. The maximum absolute atomic E-state index is 13.0. The fraction of sp³-hybridized carbons (Fsp3) is 0.154. The number of esters is 1. The molecule has 0 saturated carbocycles. The molecule has 3 N–H and O–H groups in total. The number of anilines is 2. The Morgan fingerprint density at radius 1 is 0.971 bits per heavy atom. The molecule has 3 amide bonds. The van der Waals surface area contributed by atoms with Crippen LogP contribution in [0, 0.1) is 0 Å². The van der Waals surface area contributed by atoms with Gasteiger partial charge in [-0.15, -0.1) is 11.3 Å². The molecule has 0 aliphatic carbocycles. The minimum Gasteiger partial charge on any atom is -0.452 e. The highest BCUT2D eigenvalue weighted by Crippen LogP contribution is 2.36. The van der Waals surface area contributed by atoms with Crippen LogP contribution in [0.1, 0.15) is 34.6 Å². The van der Waals surface area contributed by atoms with Crippen LogP contribution in [0.25, 0.3) is 11.1 Å². The van der Waals surface area contributed by atoms with Crippen molar-refractivity contribution >= 4 is 45.7 Å². The topological polar surface area (TPSA) is 114 Å². The van der Waals surface area contributed by atoms with Crippen LogP contribution in [0.15, 0.2) is 71.6 Å². The lowest BCUT2D eigenvalue weighted by molar-refractivity contribution is -0.119. The monoisotopic (exact) mass is 491 g/mol. The zero-order valence-corrected chi connectivity index (χ0v) is 20.3.